The van der Waals surface area contributed by atoms with E-state index in [9.17, 15) is 14.7 Å². The van der Waals surface area contributed by atoms with Crippen molar-refractivity contribution in [2.45, 2.75) is 31.2 Å². The second-order valence-corrected chi connectivity index (χ2v) is 3.28. The van der Waals surface area contributed by atoms with Crippen LogP contribution in [-0.4, -0.2) is 49.6 Å². The molecule has 0 aromatic heterocycles. The van der Waals surface area contributed by atoms with Crippen molar-refractivity contribution in [3.05, 3.63) is 0 Å². The van der Waals surface area contributed by atoms with Gasteiger partial charge in [0.1, 0.15) is 0 Å². The normalized spacial score (nSPS) is 30.7. The van der Waals surface area contributed by atoms with Crippen LogP contribution in [0.2, 0.25) is 0 Å². The molecule has 1 rings (SSSR count). The summed E-state index contributed by atoms with van der Waals surface area (Å²) in [5, 5.41) is 9.44. The number of carbonyl (C=O) groups excluding carboxylic acids is 2. The Hall–Kier alpha value is -1.14. The number of methoxy groups -OCH3 is 2. The van der Waals surface area contributed by atoms with Crippen molar-refractivity contribution in [1.29, 1.82) is 0 Å². The molecule has 0 saturated carbocycles. The molecule has 0 spiro atoms. The maximum absolute atomic E-state index is 11.2. The second kappa shape index (κ2) is 5.09. The lowest BCUT2D eigenvalue weighted by atomic mass is 10.0. The molecule has 0 radical (unpaired) electrons. The first-order chi connectivity index (χ1) is 7.08. The van der Waals surface area contributed by atoms with Gasteiger partial charge in [0.25, 0.3) is 0 Å². The van der Waals surface area contributed by atoms with Gasteiger partial charge in [0.05, 0.1) is 20.3 Å². The van der Waals surface area contributed by atoms with Crippen molar-refractivity contribution >= 4 is 11.9 Å². The molecule has 1 aliphatic heterocycles. The van der Waals surface area contributed by atoms with E-state index in [-0.39, 0.29) is 12.8 Å². The van der Waals surface area contributed by atoms with Crippen molar-refractivity contribution in [3.63, 3.8) is 0 Å². The minimum absolute atomic E-state index is 0.139. The highest BCUT2D eigenvalue weighted by Gasteiger charge is 2.37. The summed E-state index contributed by atoms with van der Waals surface area (Å²) in [7, 11) is 2.44. The van der Waals surface area contributed by atoms with Crippen molar-refractivity contribution < 1.29 is 28.9 Å². The Morgan fingerprint density at radius 2 is 1.53 bits per heavy atom. The fraction of sp³-hybridized carbons (Fsp3) is 0.778. The van der Waals surface area contributed by atoms with Crippen LogP contribution in [0.4, 0.5) is 0 Å². The van der Waals surface area contributed by atoms with Crippen LogP contribution < -0.4 is 0 Å². The zero-order chi connectivity index (χ0) is 11.4. The van der Waals surface area contributed by atoms with E-state index in [0.29, 0.717) is 0 Å². The van der Waals surface area contributed by atoms with Crippen LogP contribution in [0, 0.1) is 0 Å². The number of rotatable bonds is 2. The first-order valence-corrected chi connectivity index (χ1v) is 4.57. The van der Waals surface area contributed by atoms with Gasteiger partial charge in [-0.05, 0) is 0 Å². The Balaban J connectivity index is 2.63. The van der Waals surface area contributed by atoms with Crippen LogP contribution in [0.1, 0.15) is 12.8 Å². The third-order valence-corrected chi connectivity index (χ3v) is 2.23. The van der Waals surface area contributed by atoms with E-state index < -0.39 is 30.3 Å². The number of aliphatic hydroxyl groups is 1. The highest BCUT2D eigenvalue weighted by atomic mass is 16.6. The third-order valence-electron chi connectivity index (χ3n) is 2.23. The Kier molecular flexibility index (Phi) is 4.05. The Morgan fingerprint density at radius 3 is 1.87 bits per heavy atom. The predicted molar refractivity (Wildman–Crippen MR) is 47.9 cm³/mol. The summed E-state index contributed by atoms with van der Waals surface area (Å²) in [5.41, 5.74) is 0. The molecule has 2 atom stereocenters. The molecule has 0 unspecified atom stereocenters. The van der Waals surface area contributed by atoms with Crippen molar-refractivity contribution in [1.82, 2.24) is 0 Å². The minimum Gasteiger partial charge on any atom is -0.467 e. The molecule has 0 aromatic carbocycles. The SMILES string of the molecule is COC(=O)[C@@H]1CC(O)C[C@@H](C(=O)OC)O1. The summed E-state index contributed by atoms with van der Waals surface area (Å²) in [6.45, 7) is 0. The summed E-state index contributed by atoms with van der Waals surface area (Å²) in [6, 6.07) is 0. The Bertz CT molecular complexity index is 227. The largest absolute Gasteiger partial charge is 0.467 e. The number of carbonyl (C=O) groups is 2. The molecule has 0 aromatic rings. The topological polar surface area (TPSA) is 82.1 Å². The highest BCUT2D eigenvalue weighted by Crippen LogP contribution is 2.21. The second-order valence-electron chi connectivity index (χ2n) is 3.28. The summed E-state index contributed by atoms with van der Waals surface area (Å²) < 4.78 is 14.1. The smallest absolute Gasteiger partial charge is 0.335 e. The first kappa shape index (κ1) is 11.9. The Morgan fingerprint density at radius 1 is 1.13 bits per heavy atom. The van der Waals surface area contributed by atoms with Crippen LogP contribution >= 0.6 is 0 Å². The summed E-state index contributed by atoms with van der Waals surface area (Å²) in [5.74, 6) is -1.19. The van der Waals surface area contributed by atoms with Gasteiger partial charge in [-0.1, -0.05) is 0 Å². The number of hydrogen-bond acceptors (Lipinski definition) is 6. The van der Waals surface area contributed by atoms with Crippen molar-refractivity contribution in [2.24, 2.45) is 0 Å². The van der Waals surface area contributed by atoms with Crippen LogP contribution in [0.3, 0.4) is 0 Å². The molecule has 0 bridgehead atoms. The van der Waals surface area contributed by atoms with Gasteiger partial charge >= 0.3 is 11.9 Å². The maximum atomic E-state index is 11.2. The van der Waals surface area contributed by atoms with Crippen LogP contribution in [-0.2, 0) is 23.8 Å². The molecule has 1 N–H and O–H groups in total. The lowest BCUT2D eigenvalue weighted by Gasteiger charge is -2.29. The first-order valence-electron chi connectivity index (χ1n) is 4.57. The predicted octanol–water partition coefficient (Wildman–Crippen LogP) is -0.759. The number of esters is 2. The maximum Gasteiger partial charge on any atom is 0.335 e. The third kappa shape index (κ3) is 2.90. The molecule has 1 saturated heterocycles. The van der Waals surface area contributed by atoms with Crippen LogP contribution in [0.15, 0.2) is 0 Å². The molecule has 0 aliphatic carbocycles. The zero-order valence-electron chi connectivity index (χ0n) is 8.63. The molecule has 0 amide bonds. The highest BCUT2D eigenvalue weighted by molar-refractivity contribution is 5.78. The van der Waals surface area contributed by atoms with E-state index >= 15 is 0 Å². The minimum atomic E-state index is -0.900. The summed E-state index contributed by atoms with van der Waals surface area (Å²) in [4.78, 5) is 22.3. The molecule has 1 heterocycles. The average Bonchev–Trinajstić information content (AvgIpc) is 2.26. The molecule has 6 heteroatoms. The fourth-order valence-corrected chi connectivity index (χ4v) is 1.47. The van der Waals surface area contributed by atoms with Gasteiger partial charge in [-0.2, -0.15) is 0 Å². The number of hydrogen-bond donors (Lipinski definition) is 1. The quantitative estimate of drug-likeness (QED) is 0.613. The monoisotopic (exact) mass is 218 g/mol. The van der Waals surface area contributed by atoms with Crippen molar-refractivity contribution in [3.8, 4) is 0 Å². The van der Waals surface area contributed by atoms with Crippen molar-refractivity contribution in [2.75, 3.05) is 14.2 Å². The number of ether oxygens (including phenoxy) is 3. The lowest BCUT2D eigenvalue weighted by Crippen LogP contribution is -2.44. The lowest BCUT2D eigenvalue weighted by molar-refractivity contribution is -0.182. The van der Waals surface area contributed by atoms with Gasteiger partial charge < -0.3 is 19.3 Å². The van der Waals surface area contributed by atoms with E-state index in [4.69, 9.17) is 4.74 Å². The molecular formula is C9H14O6. The van der Waals surface area contributed by atoms with Gasteiger partial charge in [-0.25, -0.2) is 9.59 Å². The molecule has 86 valence electrons. The van der Waals surface area contributed by atoms with Gasteiger partial charge in [-0.3, -0.25) is 0 Å². The Labute approximate surface area is 87.1 Å². The standard InChI is InChI=1S/C9H14O6/c1-13-8(11)6-3-5(10)4-7(15-6)9(12)14-2/h5-7,10H,3-4H2,1-2H3/t6-,7-/m0/s1. The molecule has 1 fully saturated rings. The summed E-state index contributed by atoms with van der Waals surface area (Å²) >= 11 is 0. The van der Waals surface area contributed by atoms with Crippen LogP contribution in [0.5, 0.6) is 0 Å². The molecule has 6 nitrogen and oxygen atoms in total. The number of aliphatic hydroxyl groups excluding tert-OH is 1. The van der Waals surface area contributed by atoms with E-state index in [1.807, 2.05) is 0 Å². The van der Waals surface area contributed by atoms with E-state index in [0.717, 1.165) is 0 Å². The fourth-order valence-electron chi connectivity index (χ4n) is 1.47. The van der Waals surface area contributed by atoms with Gasteiger partial charge in [0.2, 0.25) is 0 Å². The van der Waals surface area contributed by atoms with E-state index in [2.05, 4.69) is 9.47 Å². The molecule has 15 heavy (non-hydrogen) atoms. The van der Waals surface area contributed by atoms with Gasteiger partial charge in [-0.15, -0.1) is 0 Å². The average molecular weight is 218 g/mol. The molecular weight excluding hydrogens is 204 g/mol. The van der Waals surface area contributed by atoms with Gasteiger partial charge in [0.15, 0.2) is 12.2 Å². The van der Waals surface area contributed by atoms with Crippen LogP contribution in [0.25, 0.3) is 0 Å². The van der Waals surface area contributed by atoms with E-state index in [1.54, 1.807) is 0 Å². The van der Waals surface area contributed by atoms with Gasteiger partial charge in [0, 0.05) is 12.8 Å². The molecule has 1 aliphatic rings. The summed E-state index contributed by atoms with van der Waals surface area (Å²) in [6.07, 6.45) is -2.28. The van der Waals surface area contributed by atoms with E-state index in [1.165, 1.54) is 14.2 Å². The zero-order valence-corrected chi connectivity index (χ0v) is 8.63.